The van der Waals surface area contributed by atoms with Gasteiger partial charge in [-0.3, -0.25) is 4.79 Å². The Hall–Kier alpha value is -0.440. The number of carbonyl (C=O) groups excluding carboxylic acids is 1. The van der Waals surface area contributed by atoms with E-state index in [9.17, 15) is 4.79 Å². The zero-order valence-electron chi connectivity index (χ0n) is 8.02. The van der Waals surface area contributed by atoms with E-state index >= 15 is 0 Å². The van der Waals surface area contributed by atoms with E-state index in [2.05, 4.69) is 32.7 Å². The lowest BCUT2D eigenvalue weighted by Gasteiger charge is -2.17. The van der Waals surface area contributed by atoms with Crippen LogP contribution >= 0.6 is 11.8 Å². The van der Waals surface area contributed by atoms with Crippen LogP contribution in [0, 0.1) is 0 Å². The van der Waals surface area contributed by atoms with Crippen LogP contribution in [0.2, 0.25) is 0 Å². The molecule has 0 saturated heterocycles. The SMILES string of the molecule is C=CC(=O)NCCSC(C)(C)C. The molecule has 0 aliphatic heterocycles. The lowest BCUT2D eigenvalue weighted by molar-refractivity contribution is -0.116. The Bertz CT molecular complexity index is 160. The third kappa shape index (κ3) is 7.66. The predicted molar refractivity (Wildman–Crippen MR) is 55.4 cm³/mol. The van der Waals surface area contributed by atoms with E-state index < -0.39 is 0 Å². The minimum Gasteiger partial charge on any atom is -0.352 e. The highest BCUT2D eigenvalue weighted by molar-refractivity contribution is 8.00. The summed E-state index contributed by atoms with van der Waals surface area (Å²) in [4.78, 5) is 10.7. The summed E-state index contributed by atoms with van der Waals surface area (Å²) in [5.74, 6) is 0.854. The lowest BCUT2D eigenvalue weighted by atomic mass is 10.3. The molecule has 0 rings (SSSR count). The van der Waals surface area contributed by atoms with E-state index in [0.717, 1.165) is 5.75 Å². The van der Waals surface area contributed by atoms with Gasteiger partial charge in [-0.25, -0.2) is 0 Å². The van der Waals surface area contributed by atoms with E-state index in [-0.39, 0.29) is 10.7 Å². The van der Waals surface area contributed by atoms with Gasteiger partial charge >= 0.3 is 0 Å². The summed E-state index contributed by atoms with van der Waals surface area (Å²) in [6.45, 7) is 10.6. The monoisotopic (exact) mass is 187 g/mol. The molecule has 0 bridgehead atoms. The van der Waals surface area contributed by atoms with Gasteiger partial charge in [0.05, 0.1) is 0 Å². The van der Waals surface area contributed by atoms with Crippen LogP contribution in [0.25, 0.3) is 0 Å². The molecular formula is C9H17NOS. The van der Waals surface area contributed by atoms with Gasteiger partial charge in [-0.15, -0.1) is 0 Å². The number of rotatable bonds is 4. The Morgan fingerprint density at radius 3 is 2.58 bits per heavy atom. The maximum Gasteiger partial charge on any atom is 0.243 e. The number of amides is 1. The number of hydrogen-bond donors (Lipinski definition) is 1. The van der Waals surface area contributed by atoms with Crippen molar-refractivity contribution in [2.45, 2.75) is 25.5 Å². The minimum absolute atomic E-state index is 0.0930. The van der Waals surface area contributed by atoms with E-state index in [1.165, 1.54) is 6.08 Å². The lowest BCUT2D eigenvalue weighted by Crippen LogP contribution is -2.24. The van der Waals surface area contributed by atoms with E-state index in [1.54, 1.807) is 0 Å². The summed E-state index contributed by atoms with van der Waals surface area (Å²) in [5, 5.41) is 2.73. The smallest absolute Gasteiger partial charge is 0.243 e. The van der Waals surface area contributed by atoms with Crippen LogP contribution in [0.15, 0.2) is 12.7 Å². The van der Waals surface area contributed by atoms with Gasteiger partial charge < -0.3 is 5.32 Å². The Balaban J connectivity index is 3.34. The summed E-state index contributed by atoms with van der Waals surface area (Å²) in [6, 6.07) is 0. The van der Waals surface area contributed by atoms with Gasteiger partial charge in [0, 0.05) is 17.0 Å². The molecule has 0 radical (unpaired) electrons. The molecular weight excluding hydrogens is 170 g/mol. The van der Waals surface area contributed by atoms with Crippen molar-refractivity contribution in [1.29, 1.82) is 0 Å². The predicted octanol–water partition coefficient (Wildman–Crippen LogP) is 1.82. The largest absolute Gasteiger partial charge is 0.352 e. The van der Waals surface area contributed by atoms with Crippen molar-refractivity contribution in [2.24, 2.45) is 0 Å². The van der Waals surface area contributed by atoms with Gasteiger partial charge in [-0.05, 0) is 6.08 Å². The summed E-state index contributed by atoms with van der Waals surface area (Å²) in [6.07, 6.45) is 1.29. The van der Waals surface area contributed by atoms with E-state index in [1.807, 2.05) is 11.8 Å². The first-order chi connectivity index (χ1) is 5.45. The normalized spacial score (nSPS) is 10.9. The second-order valence-electron chi connectivity index (χ2n) is 3.46. The van der Waals surface area contributed by atoms with Crippen molar-refractivity contribution in [3.8, 4) is 0 Å². The van der Waals surface area contributed by atoms with Crippen molar-refractivity contribution < 1.29 is 4.79 Å². The molecule has 1 N–H and O–H groups in total. The van der Waals surface area contributed by atoms with Gasteiger partial charge in [0.2, 0.25) is 5.91 Å². The Morgan fingerprint density at radius 1 is 1.58 bits per heavy atom. The highest BCUT2D eigenvalue weighted by Gasteiger charge is 2.09. The molecule has 0 aliphatic rings. The van der Waals surface area contributed by atoms with Gasteiger partial charge in [0.25, 0.3) is 0 Å². The molecule has 0 aliphatic carbocycles. The van der Waals surface area contributed by atoms with E-state index in [4.69, 9.17) is 0 Å². The fraction of sp³-hybridized carbons (Fsp3) is 0.667. The summed E-state index contributed by atoms with van der Waals surface area (Å²) in [5.41, 5.74) is 0. The summed E-state index contributed by atoms with van der Waals surface area (Å²) >= 11 is 1.84. The first kappa shape index (κ1) is 11.6. The molecule has 3 heteroatoms. The molecule has 2 nitrogen and oxygen atoms in total. The van der Waals surface area contributed by atoms with Crippen molar-refractivity contribution >= 4 is 17.7 Å². The van der Waals surface area contributed by atoms with Gasteiger partial charge in [0.15, 0.2) is 0 Å². The molecule has 0 aromatic carbocycles. The average molecular weight is 187 g/mol. The van der Waals surface area contributed by atoms with Crippen LogP contribution in [-0.2, 0) is 4.79 Å². The highest BCUT2D eigenvalue weighted by atomic mass is 32.2. The number of carbonyl (C=O) groups is 1. The quantitative estimate of drug-likeness (QED) is 0.537. The molecule has 0 saturated carbocycles. The molecule has 1 amide bonds. The summed E-state index contributed by atoms with van der Waals surface area (Å²) in [7, 11) is 0. The molecule has 0 spiro atoms. The Morgan fingerprint density at radius 2 is 2.17 bits per heavy atom. The molecule has 0 heterocycles. The third-order valence-electron chi connectivity index (χ3n) is 1.12. The van der Waals surface area contributed by atoms with Crippen molar-refractivity contribution in [1.82, 2.24) is 5.32 Å². The van der Waals surface area contributed by atoms with Crippen LogP contribution in [-0.4, -0.2) is 23.0 Å². The van der Waals surface area contributed by atoms with E-state index in [0.29, 0.717) is 6.54 Å². The number of nitrogens with one attached hydrogen (secondary N) is 1. The Labute approximate surface area is 78.8 Å². The second kappa shape index (κ2) is 5.25. The zero-order valence-corrected chi connectivity index (χ0v) is 8.83. The van der Waals surface area contributed by atoms with Gasteiger partial charge in [0.1, 0.15) is 0 Å². The first-order valence-electron chi connectivity index (χ1n) is 4.00. The van der Waals surface area contributed by atoms with Crippen molar-refractivity contribution in [2.75, 3.05) is 12.3 Å². The fourth-order valence-corrected chi connectivity index (χ4v) is 1.42. The minimum atomic E-state index is -0.0930. The zero-order chi connectivity index (χ0) is 9.61. The molecule has 70 valence electrons. The maximum atomic E-state index is 10.7. The van der Waals surface area contributed by atoms with Crippen molar-refractivity contribution in [3.05, 3.63) is 12.7 Å². The molecule has 12 heavy (non-hydrogen) atoms. The Kier molecular flexibility index (Phi) is 5.06. The molecule has 0 unspecified atom stereocenters. The maximum absolute atomic E-state index is 10.7. The summed E-state index contributed by atoms with van der Waals surface area (Å²) < 4.78 is 0.277. The topological polar surface area (TPSA) is 29.1 Å². The van der Waals surface area contributed by atoms with Crippen LogP contribution in [0.3, 0.4) is 0 Å². The standard InChI is InChI=1S/C9H17NOS/c1-5-8(11)10-6-7-12-9(2,3)4/h5H,1,6-7H2,2-4H3,(H,10,11). The van der Waals surface area contributed by atoms with Crippen molar-refractivity contribution in [3.63, 3.8) is 0 Å². The second-order valence-corrected chi connectivity index (χ2v) is 5.38. The van der Waals surface area contributed by atoms with Crippen LogP contribution in [0.4, 0.5) is 0 Å². The highest BCUT2D eigenvalue weighted by Crippen LogP contribution is 2.21. The number of hydrogen-bond acceptors (Lipinski definition) is 2. The molecule has 0 fully saturated rings. The fourth-order valence-electron chi connectivity index (χ4n) is 0.604. The third-order valence-corrected chi connectivity index (χ3v) is 2.40. The van der Waals surface area contributed by atoms with Crippen LogP contribution < -0.4 is 5.32 Å². The first-order valence-corrected chi connectivity index (χ1v) is 4.98. The molecule has 0 aromatic heterocycles. The van der Waals surface area contributed by atoms with Crippen LogP contribution in [0.1, 0.15) is 20.8 Å². The molecule has 0 atom stereocenters. The number of thioether (sulfide) groups is 1. The average Bonchev–Trinajstić information content (AvgIpc) is 1.96. The van der Waals surface area contributed by atoms with Gasteiger partial charge in [-0.1, -0.05) is 27.4 Å². The molecule has 0 aromatic rings. The van der Waals surface area contributed by atoms with Crippen LogP contribution in [0.5, 0.6) is 0 Å². The van der Waals surface area contributed by atoms with Gasteiger partial charge in [-0.2, -0.15) is 11.8 Å².